The van der Waals surface area contributed by atoms with Crippen molar-refractivity contribution in [1.82, 2.24) is 0 Å². The third kappa shape index (κ3) is 2.02. The monoisotopic (exact) mass is 168 g/mol. The largest absolute Gasteiger partial charge is 0.0649 e. The molecule has 0 heterocycles. The Hall–Kier alpha value is 0. The van der Waals surface area contributed by atoms with Gasteiger partial charge in [-0.15, -0.1) is 0 Å². The van der Waals surface area contributed by atoms with Crippen molar-refractivity contribution in [3.8, 4) is 0 Å². The second-order valence-corrected chi connectivity index (χ2v) is 5.36. The zero-order chi connectivity index (χ0) is 9.24. The summed E-state index contributed by atoms with van der Waals surface area (Å²) in [7, 11) is 0. The maximum atomic E-state index is 2.47. The van der Waals surface area contributed by atoms with Gasteiger partial charge in [0.05, 0.1) is 0 Å². The van der Waals surface area contributed by atoms with Gasteiger partial charge >= 0.3 is 0 Å². The van der Waals surface area contributed by atoms with Crippen LogP contribution in [0.4, 0.5) is 0 Å². The fourth-order valence-corrected chi connectivity index (χ4v) is 2.49. The van der Waals surface area contributed by atoms with E-state index in [1.165, 1.54) is 38.5 Å². The second-order valence-electron chi connectivity index (χ2n) is 5.36. The first-order valence-electron chi connectivity index (χ1n) is 5.54. The zero-order valence-electron chi connectivity index (χ0n) is 9.24. The van der Waals surface area contributed by atoms with Gasteiger partial charge < -0.3 is 0 Å². The topological polar surface area (TPSA) is 0 Å². The van der Waals surface area contributed by atoms with Crippen LogP contribution in [-0.2, 0) is 0 Å². The summed E-state index contributed by atoms with van der Waals surface area (Å²) >= 11 is 0. The highest BCUT2D eigenvalue weighted by Crippen LogP contribution is 2.50. The molecule has 1 saturated carbocycles. The van der Waals surface area contributed by atoms with E-state index in [9.17, 15) is 0 Å². The summed E-state index contributed by atoms with van der Waals surface area (Å²) in [4.78, 5) is 0. The van der Waals surface area contributed by atoms with E-state index in [1.54, 1.807) is 0 Å². The van der Waals surface area contributed by atoms with Gasteiger partial charge in [0.2, 0.25) is 0 Å². The Kier molecular flexibility index (Phi) is 2.85. The lowest BCUT2D eigenvalue weighted by atomic mass is 9.61. The molecule has 1 rings (SSSR count). The van der Waals surface area contributed by atoms with Crippen LogP contribution in [0.15, 0.2) is 0 Å². The first-order valence-corrected chi connectivity index (χ1v) is 5.54. The van der Waals surface area contributed by atoms with E-state index in [4.69, 9.17) is 0 Å². The van der Waals surface area contributed by atoms with Crippen molar-refractivity contribution < 1.29 is 0 Å². The Bertz CT molecular complexity index is 138. The molecule has 0 heteroatoms. The van der Waals surface area contributed by atoms with Crippen molar-refractivity contribution in [2.75, 3.05) is 0 Å². The SMILES string of the molecule is CCC(C)(CC)CC1(C)CCC1. The maximum Gasteiger partial charge on any atom is -0.0321 e. The molecule has 72 valence electrons. The second kappa shape index (κ2) is 3.40. The minimum Gasteiger partial charge on any atom is -0.0649 e. The number of hydrogen-bond acceptors (Lipinski definition) is 0. The highest BCUT2D eigenvalue weighted by Gasteiger charge is 2.37. The Morgan fingerprint density at radius 2 is 1.67 bits per heavy atom. The average Bonchev–Trinajstić information content (AvgIpc) is 2.02. The zero-order valence-corrected chi connectivity index (χ0v) is 9.24. The van der Waals surface area contributed by atoms with E-state index in [-0.39, 0.29) is 0 Å². The molecule has 0 amide bonds. The molecular weight excluding hydrogens is 144 g/mol. The van der Waals surface area contributed by atoms with Crippen molar-refractivity contribution in [2.45, 2.75) is 66.2 Å². The van der Waals surface area contributed by atoms with E-state index in [1.807, 2.05) is 0 Å². The first-order chi connectivity index (χ1) is 5.54. The minimum absolute atomic E-state index is 0.620. The van der Waals surface area contributed by atoms with Gasteiger partial charge in [-0.05, 0) is 30.1 Å². The molecule has 1 aliphatic rings. The van der Waals surface area contributed by atoms with E-state index in [0.717, 1.165) is 0 Å². The third-order valence-corrected chi connectivity index (χ3v) is 4.12. The van der Waals surface area contributed by atoms with Crippen LogP contribution in [0, 0.1) is 10.8 Å². The molecule has 0 radical (unpaired) electrons. The summed E-state index contributed by atoms with van der Waals surface area (Å²) in [5, 5.41) is 0. The molecule has 0 saturated heterocycles. The van der Waals surface area contributed by atoms with Gasteiger partial charge in [0.25, 0.3) is 0 Å². The predicted molar refractivity (Wildman–Crippen MR) is 55.3 cm³/mol. The molecule has 12 heavy (non-hydrogen) atoms. The molecule has 0 spiro atoms. The first kappa shape index (κ1) is 10.1. The molecule has 0 aromatic carbocycles. The fraction of sp³-hybridized carbons (Fsp3) is 1.00. The standard InChI is InChI=1S/C12H24/c1-5-11(3,6-2)10-12(4)8-7-9-12/h5-10H2,1-4H3. The maximum absolute atomic E-state index is 2.47. The Labute approximate surface area is 77.7 Å². The van der Waals surface area contributed by atoms with Crippen LogP contribution in [-0.4, -0.2) is 0 Å². The van der Waals surface area contributed by atoms with Crippen molar-refractivity contribution >= 4 is 0 Å². The molecule has 1 fully saturated rings. The van der Waals surface area contributed by atoms with Crippen LogP contribution in [0.5, 0.6) is 0 Å². The summed E-state index contributed by atoms with van der Waals surface area (Å²) in [6.07, 6.45) is 8.57. The Balaban J connectivity index is 2.46. The molecular formula is C12H24. The Morgan fingerprint density at radius 1 is 1.17 bits per heavy atom. The molecule has 0 bridgehead atoms. The van der Waals surface area contributed by atoms with Crippen molar-refractivity contribution in [3.63, 3.8) is 0 Å². The molecule has 1 aliphatic carbocycles. The van der Waals surface area contributed by atoms with Crippen molar-refractivity contribution in [1.29, 1.82) is 0 Å². The van der Waals surface area contributed by atoms with Gasteiger partial charge in [-0.2, -0.15) is 0 Å². The summed E-state index contributed by atoms with van der Waals surface area (Å²) in [6, 6.07) is 0. The van der Waals surface area contributed by atoms with Crippen molar-refractivity contribution in [3.05, 3.63) is 0 Å². The minimum atomic E-state index is 0.620. The molecule has 0 N–H and O–H groups in total. The molecule has 0 aromatic heterocycles. The molecule has 0 aromatic rings. The lowest BCUT2D eigenvalue weighted by Crippen LogP contribution is -2.32. The van der Waals surface area contributed by atoms with Gasteiger partial charge in [0, 0.05) is 0 Å². The highest BCUT2D eigenvalue weighted by atomic mass is 14.4. The van der Waals surface area contributed by atoms with E-state index in [0.29, 0.717) is 10.8 Å². The number of rotatable bonds is 4. The van der Waals surface area contributed by atoms with E-state index < -0.39 is 0 Å². The lowest BCUT2D eigenvalue weighted by Gasteiger charge is -2.45. The molecule has 0 atom stereocenters. The van der Waals surface area contributed by atoms with Crippen molar-refractivity contribution in [2.24, 2.45) is 10.8 Å². The highest BCUT2D eigenvalue weighted by molar-refractivity contribution is 4.89. The Morgan fingerprint density at radius 3 is 1.92 bits per heavy atom. The summed E-state index contributed by atoms with van der Waals surface area (Å²) in [5.41, 5.74) is 1.33. The van der Waals surface area contributed by atoms with Crippen LogP contribution in [0.1, 0.15) is 66.2 Å². The summed E-state index contributed by atoms with van der Waals surface area (Å²) < 4.78 is 0. The summed E-state index contributed by atoms with van der Waals surface area (Å²) in [5.74, 6) is 0. The predicted octanol–water partition coefficient (Wildman–Crippen LogP) is 4.39. The van der Waals surface area contributed by atoms with E-state index in [2.05, 4.69) is 27.7 Å². The molecule has 0 aliphatic heterocycles. The number of hydrogen-bond donors (Lipinski definition) is 0. The van der Waals surface area contributed by atoms with Crippen LogP contribution >= 0.6 is 0 Å². The van der Waals surface area contributed by atoms with Gasteiger partial charge in [0.15, 0.2) is 0 Å². The van der Waals surface area contributed by atoms with Crippen LogP contribution in [0.25, 0.3) is 0 Å². The smallest absolute Gasteiger partial charge is 0.0321 e. The molecule has 0 unspecified atom stereocenters. The third-order valence-electron chi connectivity index (χ3n) is 4.12. The van der Waals surface area contributed by atoms with Gasteiger partial charge in [-0.3, -0.25) is 0 Å². The lowest BCUT2D eigenvalue weighted by molar-refractivity contribution is 0.0698. The normalized spacial score (nSPS) is 22.0. The molecule has 0 nitrogen and oxygen atoms in total. The van der Waals surface area contributed by atoms with Gasteiger partial charge in [-0.1, -0.05) is 47.0 Å². The van der Waals surface area contributed by atoms with Crippen LogP contribution < -0.4 is 0 Å². The average molecular weight is 168 g/mol. The van der Waals surface area contributed by atoms with E-state index >= 15 is 0 Å². The van der Waals surface area contributed by atoms with Gasteiger partial charge in [0.1, 0.15) is 0 Å². The fourth-order valence-electron chi connectivity index (χ4n) is 2.49. The van der Waals surface area contributed by atoms with Crippen LogP contribution in [0.2, 0.25) is 0 Å². The summed E-state index contributed by atoms with van der Waals surface area (Å²) in [6.45, 7) is 9.60. The van der Waals surface area contributed by atoms with Gasteiger partial charge in [-0.25, -0.2) is 0 Å². The quantitative estimate of drug-likeness (QED) is 0.584. The van der Waals surface area contributed by atoms with Crippen LogP contribution in [0.3, 0.4) is 0 Å².